The topological polar surface area (TPSA) is 9.23 Å². The van der Waals surface area contributed by atoms with Gasteiger partial charge in [0.1, 0.15) is 5.76 Å². The average molecular weight is 278 g/mol. The number of ether oxygens (including phenoxy) is 1. The molecular formula is C17H20F2O. The van der Waals surface area contributed by atoms with Crippen LogP contribution in [0.15, 0.2) is 60.4 Å². The number of rotatable bonds is 7. The summed E-state index contributed by atoms with van der Waals surface area (Å²) in [4.78, 5) is 0. The van der Waals surface area contributed by atoms with E-state index in [0.717, 1.165) is 12.0 Å². The summed E-state index contributed by atoms with van der Waals surface area (Å²) < 4.78 is 31.8. The van der Waals surface area contributed by atoms with Crippen LogP contribution in [0, 0.1) is 0 Å². The number of hydrogen-bond donors (Lipinski definition) is 0. The Kier molecular flexibility index (Phi) is 6.16. The van der Waals surface area contributed by atoms with Crippen LogP contribution >= 0.6 is 0 Å². The molecular weight excluding hydrogens is 258 g/mol. The molecule has 0 spiro atoms. The third kappa shape index (κ3) is 4.34. The van der Waals surface area contributed by atoms with E-state index in [0.29, 0.717) is 12.8 Å². The molecule has 3 heteroatoms. The molecule has 0 unspecified atom stereocenters. The van der Waals surface area contributed by atoms with Crippen LogP contribution in [0.5, 0.6) is 0 Å². The molecule has 0 N–H and O–H groups in total. The summed E-state index contributed by atoms with van der Waals surface area (Å²) in [5, 5.41) is 0. The molecule has 0 amide bonds. The van der Waals surface area contributed by atoms with E-state index in [1.54, 1.807) is 0 Å². The summed E-state index contributed by atoms with van der Waals surface area (Å²) in [6.07, 6.45) is 1.94. The molecule has 108 valence electrons. The maximum Gasteiger partial charge on any atom is 0.200 e. The van der Waals surface area contributed by atoms with E-state index in [9.17, 15) is 8.78 Å². The maximum absolute atomic E-state index is 13.7. The molecule has 0 saturated carbocycles. The number of hydrogen-bond acceptors (Lipinski definition) is 1. The van der Waals surface area contributed by atoms with Gasteiger partial charge in [-0.05, 0) is 36.0 Å². The summed E-state index contributed by atoms with van der Waals surface area (Å²) >= 11 is 0. The highest BCUT2D eigenvalue weighted by Gasteiger charge is 2.13. The highest BCUT2D eigenvalue weighted by atomic mass is 19.2. The number of allylic oxidation sites excluding steroid dienone is 3. The fourth-order valence-corrected chi connectivity index (χ4v) is 1.71. The van der Waals surface area contributed by atoms with Crippen molar-refractivity contribution in [2.75, 3.05) is 7.11 Å². The van der Waals surface area contributed by atoms with Crippen LogP contribution in [-0.2, 0) is 17.6 Å². The Balaban J connectivity index is 2.64. The number of benzene rings is 1. The van der Waals surface area contributed by atoms with Gasteiger partial charge in [0, 0.05) is 0 Å². The van der Waals surface area contributed by atoms with Crippen LogP contribution in [0.4, 0.5) is 8.78 Å². The van der Waals surface area contributed by atoms with Crippen molar-refractivity contribution in [2.24, 2.45) is 0 Å². The van der Waals surface area contributed by atoms with Crippen molar-refractivity contribution < 1.29 is 13.5 Å². The Bertz CT molecular complexity index is 512. The maximum atomic E-state index is 13.7. The minimum atomic E-state index is -1.08. The Hall–Kier alpha value is -1.90. The fourth-order valence-electron chi connectivity index (χ4n) is 1.71. The van der Waals surface area contributed by atoms with Crippen LogP contribution in [0.25, 0.3) is 0 Å². The van der Waals surface area contributed by atoms with Gasteiger partial charge in [-0.15, -0.1) is 0 Å². The Morgan fingerprint density at radius 3 is 2.10 bits per heavy atom. The quantitative estimate of drug-likeness (QED) is 0.501. The van der Waals surface area contributed by atoms with E-state index in [1.165, 1.54) is 12.7 Å². The second kappa shape index (κ2) is 7.63. The van der Waals surface area contributed by atoms with Crippen LogP contribution in [0.2, 0.25) is 0 Å². The predicted molar refractivity (Wildman–Crippen MR) is 78.7 cm³/mol. The molecule has 0 aliphatic carbocycles. The van der Waals surface area contributed by atoms with Gasteiger partial charge in [-0.1, -0.05) is 44.3 Å². The summed E-state index contributed by atoms with van der Waals surface area (Å²) in [5.41, 5.74) is 2.43. The normalized spacial score (nSPS) is 11.8. The molecule has 0 aliphatic rings. The minimum absolute atomic E-state index is 0.111. The second-order valence-electron chi connectivity index (χ2n) is 4.53. The van der Waals surface area contributed by atoms with Crippen molar-refractivity contribution in [3.8, 4) is 0 Å². The van der Waals surface area contributed by atoms with Gasteiger partial charge in [0.05, 0.1) is 7.11 Å². The van der Waals surface area contributed by atoms with Crippen LogP contribution < -0.4 is 0 Å². The molecule has 0 bridgehead atoms. The molecule has 0 aromatic heterocycles. The zero-order valence-corrected chi connectivity index (χ0v) is 12.0. The third-order valence-corrected chi connectivity index (χ3v) is 3.14. The zero-order chi connectivity index (χ0) is 15.1. The van der Waals surface area contributed by atoms with Crippen molar-refractivity contribution in [3.05, 3.63) is 71.5 Å². The van der Waals surface area contributed by atoms with E-state index in [2.05, 4.69) is 24.8 Å². The molecule has 0 fully saturated rings. The van der Waals surface area contributed by atoms with Crippen molar-refractivity contribution in [3.63, 3.8) is 0 Å². The first-order chi connectivity index (χ1) is 9.49. The van der Waals surface area contributed by atoms with Gasteiger partial charge in [-0.3, -0.25) is 0 Å². The zero-order valence-electron chi connectivity index (χ0n) is 12.0. The van der Waals surface area contributed by atoms with E-state index < -0.39 is 11.7 Å². The van der Waals surface area contributed by atoms with Gasteiger partial charge in [-0.25, -0.2) is 4.39 Å². The lowest BCUT2D eigenvalue weighted by Crippen LogP contribution is -1.94. The standard InChI is InChI=1S/C17H20F2O/c1-5-14-8-10-15(11-9-14)7-6-12(2)16(18)17(19)13(3)20-4/h8-11H,2-3,5-7H2,1,4H3/b17-16-. The number of halogens is 2. The van der Waals surface area contributed by atoms with E-state index in [1.807, 2.05) is 24.3 Å². The van der Waals surface area contributed by atoms with Gasteiger partial charge in [0.2, 0.25) is 0 Å². The first kappa shape index (κ1) is 16.2. The SMILES string of the molecule is C=C(CCc1ccc(CC)cc1)/C(F)=C(/F)C(=C)OC. The van der Waals surface area contributed by atoms with Crippen molar-refractivity contribution in [1.29, 1.82) is 0 Å². The van der Waals surface area contributed by atoms with Crippen LogP contribution in [0.1, 0.15) is 24.5 Å². The van der Waals surface area contributed by atoms with Gasteiger partial charge >= 0.3 is 0 Å². The molecule has 1 aromatic carbocycles. The first-order valence-electron chi connectivity index (χ1n) is 6.54. The van der Waals surface area contributed by atoms with E-state index in [-0.39, 0.29) is 11.3 Å². The molecule has 0 saturated heterocycles. The second-order valence-corrected chi connectivity index (χ2v) is 4.53. The summed E-state index contributed by atoms with van der Waals surface area (Å²) in [5.74, 6) is -2.39. The molecule has 1 nitrogen and oxygen atoms in total. The fraction of sp³-hybridized carbons (Fsp3) is 0.294. The molecule has 0 radical (unpaired) electrons. The highest BCUT2D eigenvalue weighted by Crippen LogP contribution is 2.25. The van der Waals surface area contributed by atoms with Gasteiger partial charge in [-0.2, -0.15) is 4.39 Å². The van der Waals surface area contributed by atoms with Crippen LogP contribution in [-0.4, -0.2) is 7.11 Å². The molecule has 0 atom stereocenters. The van der Waals surface area contributed by atoms with Crippen LogP contribution in [0.3, 0.4) is 0 Å². The smallest absolute Gasteiger partial charge is 0.200 e. The van der Waals surface area contributed by atoms with Gasteiger partial charge in [0.25, 0.3) is 0 Å². The summed E-state index contributed by atoms with van der Waals surface area (Å²) in [6.45, 7) is 8.94. The summed E-state index contributed by atoms with van der Waals surface area (Å²) in [7, 11) is 1.24. The molecule has 0 aliphatic heterocycles. The minimum Gasteiger partial charge on any atom is -0.494 e. The van der Waals surface area contributed by atoms with Crippen molar-refractivity contribution >= 4 is 0 Å². The molecule has 1 rings (SSSR count). The van der Waals surface area contributed by atoms with Gasteiger partial charge in [0.15, 0.2) is 11.7 Å². The Morgan fingerprint density at radius 2 is 1.60 bits per heavy atom. The Morgan fingerprint density at radius 1 is 1.05 bits per heavy atom. The lowest BCUT2D eigenvalue weighted by Gasteiger charge is -2.07. The molecule has 0 heterocycles. The van der Waals surface area contributed by atoms with E-state index >= 15 is 0 Å². The lowest BCUT2D eigenvalue weighted by atomic mass is 10.0. The van der Waals surface area contributed by atoms with Crippen molar-refractivity contribution in [2.45, 2.75) is 26.2 Å². The number of aryl methyl sites for hydroxylation is 2. The highest BCUT2D eigenvalue weighted by molar-refractivity contribution is 5.33. The Labute approximate surface area is 119 Å². The first-order valence-corrected chi connectivity index (χ1v) is 6.54. The van der Waals surface area contributed by atoms with E-state index in [4.69, 9.17) is 0 Å². The molecule has 1 aromatic rings. The third-order valence-electron chi connectivity index (χ3n) is 3.14. The predicted octanol–water partition coefficient (Wildman–Crippen LogP) is 5.05. The number of methoxy groups -OCH3 is 1. The molecule has 20 heavy (non-hydrogen) atoms. The summed E-state index contributed by atoms with van der Waals surface area (Å²) in [6, 6.07) is 8.08. The monoisotopic (exact) mass is 278 g/mol. The van der Waals surface area contributed by atoms with Crippen molar-refractivity contribution in [1.82, 2.24) is 0 Å². The van der Waals surface area contributed by atoms with Gasteiger partial charge < -0.3 is 4.74 Å². The largest absolute Gasteiger partial charge is 0.494 e. The average Bonchev–Trinajstić information content (AvgIpc) is 2.50. The lowest BCUT2D eigenvalue weighted by molar-refractivity contribution is 0.280.